The molecule has 0 bridgehead atoms. The van der Waals surface area contributed by atoms with Crippen molar-refractivity contribution < 1.29 is 13.9 Å². The fourth-order valence-corrected chi connectivity index (χ4v) is 0.946. The molecule has 0 saturated heterocycles. The standard InChI is InChI=1S/C7H9N5O3/c1-2-13-3-4-9-7(14-10-4)5-6(8)12-15-11-5/h2-3H2,1H3,(H2,8,12). The molecule has 2 N–H and O–H groups in total. The molecule has 0 aliphatic carbocycles. The van der Waals surface area contributed by atoms with E-state index in [4.69, 9.17) is 15.0 Å². The van der Waals surface area contributed by atoms with Crippen LogP contribution in [0.1, 0.15) is 12.7 Å². The molecular formula is C7H9N5O3. The summed E-state index contributed by atoms with van der Waals surface area (Å²) in [6, 6.07) is 0. The third-order valence-electron chi connectivity index (χ3n) is 1.62. The van der Waals surface area contributed by atoms with Gasteiger partial charge in [0.15, 0.2) is 5.82 Å². The van der Waals surface area contributed by atoms with E-state index in [2.05, 4.69) is 25.1 Å². The first-order valence-corrected chi connectivity index (χ1v) is 4.30. The highest BCUT2D eigenvalue weighted by molar-refractivity contribution is 5.60. The maximum Gasteiger partial charge on any atom is 0.284 e. The van der Waals surface area contributed by atoms with Crippen molar-refractivity contribution in [3.05, 3.63) is 5.82 Å². The topological polar surface area (TPSA) is 113 Å². The summed E-state index contributed by atoms with van der Waals surface area (Å²) in [6.45, 7) is 2.74. The molecule has 0 aromatic carbocycles. The first kappa shape index (κ1) is 9.59. The molecule has 2 rings (SSSR count). The van der Waals surface area contributed by atoms with Gasteiger partial charge in [0.25, 0.3) is 5.89 Å². The predicted octanol–water partition coefficient (Wildman–Crippen LogP) is 0.238. The second kappa shape index (κ2) is 4.05. The molecule has 80 valence electrons. The molecule has 0 amide bonds. The lowest BCUT2D eigenvalue weighted by atomic mass is 10.4. The van der Waals surface area contributed by atoms with Gasteiger partial charge in [-0.2, -0.15) is 4.98 Å². The second-order valence-electron chi connectivity index (χ2n) is 2.65. The van der Waals surface area contributed by atoms with E-state index in [0.717, 1.165) is 0 Å². The number of nitrogens with zero attached hydrogens (tertiary/aromatic N) is 4. The normalized spacial score (nSPS) is 10.7. The van der Waals surface area contributed by atoms with Crippen LogP contribution in [0.25, 0.3) is 11.6 Å². The van der Waals surface area contributed by atoms with Crippen LogP contribution in [-0.2, 0) is 11.3 Å². The zero-order valence-corrected chi connectivity index (χ0v) is 8.01. The van der Waals surface area contributed by atoms with E-state index < -0.39 is 0 Å². The van der Waals surface area contributed by atoms with Gasteiger partial charge in [0.2, 0.25) is 11.5 Å². The number of rotatable bonds is 4. The Bertz CT molecular complexity index is 437. The fraction of sp³-hybridized carbons (Fsp3) is 0.429. The van der Waals surface area contributed by atoms with Gasteiger partial charge in [-0.3, -0.25) is 0 Å². The molecule has 8 nitrogen and oxygen atoms in total. The molecular weight excluding hydrogens is 202 g/mol. The third-order valence-corrected chi connectivity index (χ3v) is 1.62. The maximum absolute atomic E-state index is 5.46. The zero-order valence-electron chi connectivity index (χ0n) is 8.01. The van der Waals surface area contributed by atoms with Crippen molar-refractivity contribution in [3.8, 4) is 11.6 Å². The summed E-state index contributed by atoms with van der Waals surface area (Å²) in [5.41, 5.74) is 5.70. The van der Waals surface area contributed by atoms with Gasteiger partial charge in [-0.15, -0.1) is 0 Å². The zero-order chi connectivity index (χ0) is 10.7. The van der Waals surface area contributed by atoms with Gasteiger partial charge < -0.3 is 15.0 Å². The van der Waals surface area contributed by atoms with Crippen molar-refractivity contribution >= 4 is 5.82 Å². The number of aromatic nitrogens is 4. The highest BCUT2D eigenvalue weighted by Crippen LogP contribution is 2.19. The van der Waals surface area contributed by atoms with Gasteiger partial charge in [-0.05, 0) is 17.2 Å². The lowest BCUT2D eigenvalue weighted by molar-refractivity contribution is 0.126. The van der Waals surface area contributed by atoms with Gasteiger partial charge in [0.05, 0.1) is 0 Å². The average molecular weight is 211 g/mol. The van der Waals surface area contributed by atoms with Gasteiger partial charge in [-0.1, -0.05) is 5.16 Å². The highest BCUT2D eigenvalue weighted by atomic mass is 16.6. The number of anilines is 1. The van der Waals surface area contributed by atoms with Crippen LogP contribution in [-0.4, -0.2) is 27.1 Å². The number of hydrogen-bond donors (Lipinski definition) is 1. The van der Waals surface area contributed by atoms with Gasteiger partial charge in [0, 0.05) is 6.61 Å². The van der Waals surface area contributed by atoms with E-state index >= 15 is 0 Å². The van der Waals surface area contributed by atoms with E-state index in [1.54, 1.807) is 0 Å². The minimum Gasteiger partial charge on any atom is -0.379 e. The van der Waals surface area contributed by atoms with Crippen molar-refractivity contribution in [2.75, 3.05) is 12.3 Å². The Balaban J connectivity index is 2.17. The molecule has 0 radical (unpaired) electrons. The SMILES string of the molecule is CCOCc1noc(-c2nonc2N)n1. The molecule has 2 aromatic heterocycles. The van der Waals surface area contributed by atoms with E-state index in [9.17, 15) is 0 Å². The Labute approximate surface area is 84.4 Å². The van der Waals surface area contributed by atoms with E-state index in [-0.39, 0.29) is 24.0 Å². The van der Waals surface area contributed by atoms with Crippen LogP contribution < -0.4 is 5.73 Å². The molecule has 0 fully saturated rings. The minimum absolute atomic E-state index is 0.113. The number of nitrogen functional groups attached to an aromatic ring is 1. The molecule has 15 heavy (non-hydrogen) atoms. The van der Waals surface area contributed by atoms with Crippen LogP contribution >= 0.6 is 0 Å². The first-order chi connectivity index (χ1) is 7.31. The number of hydrogen-bond acceptors (Lipinski definition) is 8. The Morgan fingerprint density at radius 1 is 1.33 bits per heavy atom. The minimum atomic E-state index is 0.113. The maximum atomic E-state index is 5.46. The summed E-state index contributed by atoms with van der Waals surface area (Å²) in [4.78, 5) is 4.01. The molecule has 2 heterocycles. The molecule has 0 atom stereocenters. The number of nitrogens with two attached hydrogens (primary N) is 1. The summed E-state index contributed by atoms with van der Waals surface area (Å²) in [6.07, 6.45) is 0. The van der Waals surface area contributed by atoms with Gasteiger partial charge in [0.1, 0.15) is 6.61 Å². The monoisotopic (exact) mass is 211 g/mol. The largest absolute Gasteiger partial charge is 0.379 e. The Morgan fingerprint density at radius 3 is 2.87 bits per heavy atom. The lowest BCUT2D eigenvalue weighted by Gasteiger charge is -1.91. The Kier molecular flexibility index (Phi) is 2.59. The van der Waals surface area contributed by atoms with Crippen molar-refractivity contribution in [3.63, 3.8) is 0 Å². The molecule has 0 unspecified atom stereocenters. The van der Waals surface area contributed by atoms with E-state index in [0.29, 0.717) is 12.4 Å². The summed E-state index contributed by atoms with van der Waals surface area (Å²) in [5, 5.41) is 10.6. The van der Waals surface area contributed by atoms with Crippen molar-refractivity contribution in [2.45, 2.75) is 13.5 Å². The van der Waals surface area contributed by atoms with Crippen molar-refractivity contribution in [1.29, 1.82) is 0 Å². The smallest absolute Gasteiger partial charge is 0.284 e. The van der Waals surface area contributed by atoms with E-state index in [1.165, 1.54) is 0 Å². The van der Waals surface area contributed by atoms with Crippen LogP contribution in [0, 0.1) is 0 Å². The first-order valence-electron chi connectivity index (χ1n) is 4.30. The lowest BCUT2D eigenvalue weighted by Crippen LogP contribution is -1.94. The Morgan fingerprint density at radius 2 is 2.20 bits per heavy atom. The highest BCUT2D eigenvalue weighted by Gasteiger charge is 2.16. The molecule has 0 saturated carbocycles. The van der Waals surface area contributed by atoms with Gasteiger partial charge >= 0.3 is 0 Å². The molecule has 0 aliphatic heterocycles. The van der Waals surface area contributed by atoms with Crippen LogP contribution in [0.2, 0.25) is 0 Å². The molecule has 8 heteroatoms. The Hall–Kier alpha value is -1.96. The quantitative estimate of drug-likeness (QED) is 0.764. The summed E-state index contributed by atoms with van der Waals surface area (Å²) < 4.78 is 14.4. The third kappa shape index (κ3) is 1.94. The van der Waals surface area contributed by atoms with Crippen molar-refractivity contribution in [2.24, 2.45) is 0 Å². The van der Waals surface area contributed by atoms with Crippen LogP contribution in [0.15, 0.2) is 9.15 Å². The summed E-state index contributed by atoms with van der Waals surface area (Å²) in [7, 11) is 0. The average Bonchev–Trinajstić information content (AvgIpc) is 2.83. The molecule has 0 aliphatic rings. The number of ether oxygens (including phenoxy) is 1. The predicted molar refractivity (Wildman–Crippen MR) is 47.3 cm³/mol. The van der Waals surface area contributed by atoms with Crippen LogP contribution in [0.3, 0.4) is 0 Å². The van der Waals surface area contributed by atoms with Crippen molar-refractivity contribution in [1.82, 2.24) is 20.5 Å². The summed E-state index contributed by atoms with van der Waals surface area (Å²) >= 11 is 0. The molecule has 0 spiro atoms. The van der Waals surface area contributed by atoms with Crippen LogP contribution in [0.5, 0.6) is 0 Å². The van der Waals surface area contributed by atoms with E-state index in [1.807, 2.05) is 6.92 Å². The fourth-order valence-electron chi connectivity index (χ4n) is 0.946. The second-order valence-corrected chi connectivity index (χ2v) is 2.65. The summed E-state index contributed by atoms with van der Waals surface area (Å²) in [5.74, 6) is 0.708. The van der Waals surface area contributed by atoms with Gasteiger partial charge in [-0.25, -0.2) is 4.63 Å². The molecule has 2 aromatic rings. The van der Waals surface area contributed by atoms with Crippen LogP contribution in [0.4, 0.5) is 5.82 Å².